The topological polar surface area (TPSA) is 88.3 Å². The van der Waals surface area contributed by atoms with E-state index in [2.05, 4.69) is 15.5 Å². The zero-order valence-corrected chi connectivity index (χ0v) is 15.0. The molecular formula is C21H18N4O3. The fourth-order valence-electron chi connectivity index (χ4n) is 3.98. The first-order valence-corrected chi connectivity index (χ1v) is 9.26. The molecule has 2 saturated heterocycles. The van der Waals surface area contributed by atoms with Crippen molar-refractivity contribution in [2.45, 2.75) is 12.5 Å². The van der Waals surface area contributed by atoms with Crippen LogP contribution in [0, 0.1) is 5.92 Å². The Hall–Kier alpha value is -3.48. The molecule has 2 amide bonds. The lowest BCUT2D eigenvalue weighted by Crippen LogP contribution is -2.35. The molecule has 3 aromatic rings. The van der Waals surface area contributed by atoms with Crippen molar-refractivity contribution in [3.05, 3.63) is 60.2 Å². The minimum Gasteiger partial charge on any atom is -0.351 e. The monoisotopic (exact) mass is 374 g/mol. The third kappa shape index (κ3) is 2.85. The number of benzene rings is 2. The molecule has 2 atom stereocenters. The minimum atomic E-state index is -0.0845. The lowest BCUT2D eigenvalue weighted by atomic mass is 10.1. The van der Waals surface area contributed by atoms with Crippen LogP contribution in [0.1, 0.15) is 16.8 Å². The maximum atomic E-state index is 13.2. The molecule has 28 heavy (non-hydrogen) atoms. The van der Waals surface area contributed by atoms with Gasteiger partial charge < -0.3 is 14.7 Å². The molecule has 1 aromatic heterocycles. The number of carbonyl (C=O) groups is 2. The highest BCUT2D eigenvalue weighted by molar-refractivity contribution is 6.00. The standard InChI is InChI=1S/C21H18N4O3/c26-18-10-14-11-25(12-17(14)22-18)21(27)16-9-5-4-8-15(16)20-23-19(24-28-20)13-6-2-1-3-7-13/h1-9,14,17H,10-12H2,(H,22,26)/t14-,17+/m0/s1. The van der Waals surface area contributed by atoms with Crippen LogP contribution in [0.5, 0.6) is 0 Å². The summed E-state index contributed by atoms with van der Waals surface area (Å²) in [6.45, 7) is 1.11. The number of carbonyl (C=O) groups excluding carboxylic acids is 2. The molecule has 0 saturated carbocycles. The van der Waals surface area contributed by atoms with Gasteiger partial charge in [0.2, 0.25) is 11.7 Å². The Balaban J connectivity index is 1.43. The lowest BCUT2D eigenvalue weighted by Gasteiger charge is -2.18. The summed E-state index contributed by atoms with van der Waals surface area (Å²) in [6.07, 6.45) is 0.486. The van der Waals surface area contributed by atoms with Crippen LogP contribution in [0.4, 0.5) is 0 Å². The Kier molecular flexibility index (Phi) is 3.93. The smallest absolute Gasteiger partial charge is 0.259 e. The zero-order valence-electron chi connectivity index (χ0n) is 15.0. The van der Waals surface area contributed by atoms with E-state index in [1.54, 1.807) is 11.0 Å². The van der Waals surface area contributed by atoms with Gasteiger partial charge in [0.05, 0.1) is 17.2 Å². The van der Waals surface area contributed by atoms with Crippen molar-refractivity contribution in [1.82, 2.24) is 20.4 Å². The van der Waals surface area contributed by atoms with Crippen molar-refractivity contribution in [1.29, 1.82) is 0 Å². The number of nitrogens with one attached hydrogen (secondary N) is 1. The van der Waals surface area contributed by atoms with Gasteiger partial charge in [-0.15, -0.1) is 0 Å². The second-order valence-corrected chi connectivity index (χ2v) is 7.18. The fraction of sp³-hybridized carbons (Fsp3) is 0.238. The van der Waals surface area contributed by atoms with E-state index >= 15 is 0 Å². The molecule has 2 aliphatic rings. The summed E-state index contributed by atoms with van der Waals surface area (Å²) in [5, 5.41) is 7.00. The van der Waals surface area contributed by atoms with Crippen molar-refractivity contribution in [2.75, 3.05) is 13.1 Å². The van der Waals surface area contributed by atoms with Crippen LogP contribution in [0.15, 0.2) is 59.1 Å². The summed E-state index contributed by atoms with van der Waals surface area (Å²) in [4.78, 5) is 30.9. The predicted octanol–water partition coefficient (Wildman–Crippen LogP) is 2.36. The number of aromatic nitrogens is 2. The van der Waals surface area contributed by atoms with Gasteiger partial charge in [-0.2, -0.15) is 4.98 Å². The van der Waals surface area contributed by atoms with Gasteiger partial charge in [0, 0.05) is 31.0 Å². The van der Waals surface area contributed by atoms with Gasteiger partial charge in [-0.05, 0) is 12.1 Å². The third-order valence-electron chi connectivity index (χ3n) is 5.37. The van der Waals surface area contributed by atoms with E-state index in [9.17, 15) is 9.59 Å². The fourth-order valence-corrected chi connectivity index (χ4v) is 3.98. The van der Waals surface area contributed by atoms with Crippen molar-refractivity contribution >= 4 is 11.8 Å². The number of amides is 2. The SMILES string of the molecule is O=C1C[C@H]2CN(C(=O)c3ccccc3-c3nc(-c4ccccc4)no3)C[C@H]2N1. The maximum absolute atomic E-state index is 13.2. The van der Waals surface area contributed by atoms with Crippen molar-refractivity contribution in [3.63, 3.8) is 0 Å². The van der Waals surface area contributed by atoms with Gasteiger partial charge in [0.1, 0.15) is 0 Å². The summed E-state index contributed by atoms with van der Waals surface area (Å²) in [6, 6.07) is 16.9. The highest BCUT2D eigenvalue weighted by Gasteiger charge is 2.42. The van der Waals surface area contributed by atoms with E-state index in [1.165, 1.54) is 0 Å². The van der Waals surface area contributed by atoms with Gasteiger partial charge in [0.25, 0.3) is 11.8 Å². The molecule has 0 radical (unpaired) electrons. The van der Waals surface area contributed by atoms with E-state index < -0.39 is 0 Å². The Bertz CT molecular complexity index is 1030. The Labute approximate surface area is 161 Å². The average molecular weight is 374 g/mol. The van der Waals surface area contributed by atoms with Crippen LogP contribution in [-0.4, -0.2) is 46.0 Å². The van der Waals surface area contributed by atoms with E-state index in [4.69, 9.17) is 4.52 Å². The molecular weight excluding hydrogens is 356 g/mol. The average Bonchev–Trinajstić information content (AvgIpc) is 3.43. The molecule has 0 unspecified atom stereocenters. The van der Waals surface area contributed by atoms with Crippen LogP contribution in [0.25, 0.3) is 22.8 Å². The molecule has 2 aromatic carbocycles. The second-order valence-electron chi connectivity index (χ2n) is 7.18. The number of hydrogen-bond acceptors (Lipinski definition) is 5. The zero-order chi connectivity index (χ0) is 19.1. The molecule has 0 aliphatic carbocycles. The molecule has 2 aliphatic heterocycles. The first kappa shape index (κ1) is 16.7. The van der Waals surface area contributed by atoms with Gasteiger partial charge in [-0.3, -0.25) is 9.59 Å². The molecule has 7 nitrogen and oxygen atoms in total. The normalized spacial score (nSPS) is 20.9. The first-order valence-electron chi connectivity index (χ1n) is 9.26. The first-order chi connectivity index (χ1) is 13.7. The Morgan fingerprint density at radius 1 is 1.07 bits per heavy atom. The Morgan fingerprint density at radius 3 is 2.68 bits per heavy atom. The largest absolute Gasteiger partial charge is 0.351 e. The number of fused-ring (bicyclic) bond motifs is 1. The van der Waals surface area contributed by atoms with Gasteiger partial charge in [-0.1, -0.05) is 47.6 Å². The van der Waals surface area contributed by atoms with Crippen LogP contribution in [0.3, 0.4) is 0 Å². The molecule has 7 heteroatoms. The summed E-state index contributed by atoms with van der Waals surface area (Å²) < 4.78 is 5.46. The summed E-state index contributed by atoms with van der Waals surface area (Å²) >= 11 is 0. The molecule has 5 rings (SSSR count). The van der Waals surface area contributed by atoms with Crippen LogP contribution in [-0.2, 0) is 4.79 Å². The summed E-state index contributed by atoms with van der Waals surface area (Å²) in [5.41, 5.74) is 1.99. The van der Waals surface area contributed by atoms with E-state index in [0.717, 1.165) is 5.56 Å². The number of likely N-dealkylation sites (tertiary alicyclic amines) is 1. The van der Waals surface area contributed by atoms with E-state index in [-0.39, 0.29) is 23.8 Å². The van der Waals surface area contributed by atoms with Gasteiger partial charge >= 0.3 is 0 Å². The second kappa shape index (κ2) is 6.60. The van der Waals surface area contributed by atoms with Gasteiger partial charge in [0.15, 0.2) is 0 Å². The molecule has 0 bridgehead atoms. The van der Waals surface area contributed by atoms with E-state index in [0.29, 0.717) is 42.4 Å². The summed E-state index contributed by atoms with van der Waals surface area (Å²) in [7, 11) is 0. The third-order valence-corrected chi connectivity index (χ3v) is 5.37. The minimum absolute atomic E-state index is 0.0525. The van der Waals surface area contributed by atoms with Gasteiger partial charge in [-0.25, -0.2) is 0 Å². The quantitative estimate of drug-likeness (QED) is 0.760. The van der Waals surface area contributed by atoms with Crippen LogP contribution in [0.2, 0.25) is 0 Å². The predicted molar refractivity (Wildman–Crippen MR) is 101 cm³/mol. The molecule has 140 valence electrons. The highest BCUT2D eigenvalue weighted by atomic mass is 16.5. The number of rotatable bonds is 3. The highest BCUT2D eigenvalue weighted by Crippen LogP contribution is 2.30. The maximum Gasteiger partial charge on any atom is 0.259 e. The number of nitrogens with zero attached hydrogens (tertiary/aromatic N) is 3. The Morgan fingerprint density at radius 2 is 1.86 bits per heavy atom. The number of hydrogen-bond donors (Lipinski definition) is 1. The summed E-state index contributed by atoms with van der Waals surface area (Å²) in [5.74, 6) is 0.976. The molecule has 1 N–H and O–H groups in total. The molecule has 3 heterocycles. The van der Waals surface area contributed by atoms with Crippen molar-refractivity contribution in [3.8, 4) is 22.8 Å². The van der Waals surface area contributed by atoms with Crippen LogP contribution >= 0.6 is 0 Å². The van der Waals surface area contributed by atoms with E-state index in [1.807, 2.05) is 48.5 Å². The molecule has 0 spiro atoms. The van der Waals surface area contributed by atoms with Crippen LogP contribution < -0.4 is 5.32 Å². The molecule has 2 fully saturated rings. The lowest BCUT2D eigenvalue weighted by molar-refractivity contribution is -0.119. The van der Waals surface area contributed by atoms with Crippen molar-refractivity contribution < 1.29 is 14.1 Å². The van der Waals surface area contributed by atoms with Crippen molar-refractivity contribution in [2.24, 2.45) is 5.92 Å².